The molecule has 0 aromatic heterocycles. The van der Waals surface area contributed by atoms with Gasteiger partial charge in [-0.25, -0.2) is 4.79 Å². The Morgan fingerprint density at radius 3 is 2.21 bits per heavy atom. The molecular weight excluding hydrogens is 308 g/mol. The van der Waals surface area contributed by atoms with Crippen LogP contribution < -0.4 is 11.1 Å². The van der Waals surface area contributed by atoms with Crippen LogP contribution in [0.3, 0.4) is 0 Å². The lowest BCUT2D eigenvalue weighted by Crippen LogP contribution is -2.33. The molecule has 1 rings (SSSR count). The summed E-state index contributed by atoms with van der Waals surface area (Å²) in [5, 5.41) is 2.42. The van der Waals surface area contributed by atoms with Crippen LogP contribution in [-0.4, -0.2) is 31.4 Å². The van der Waals surface area contributed by atoms with Crippen molar-refractivity contribution < 1.29 is 19.1 Å². The zero-order valence-electron chi connectivity index (χ0n) is 14.5. The average Bonchev–Trinajstić information content (AvgIpc) is 2.56. The van der Waals surface area contributed by atoms with E-state index in [9.17, 15) is 14.4 Å². The summed E-state index contributed by atoms with van der Waals surface area (Å²) in [4.78, 5) is 34.5. The van der Waals surface area contributed by atoms with Crippen molar-refractivity contribution in [3.63, 3.8) is 0 Å². The first-order valence-corrected chi connectivity index (χ1v) is 7.69. The SMILES string of the molecule is COC(=O)C(Cc1ccc(C(=O)NCC(N)=O)cc1)=C(C)C(C)C. The second kappa shape index (κ2) is 8.86. The van der Waals surface area contributed by atoms with E-state index in [0.29, 0.717) is 17.6 Å². The van der Waals surface area contributed by atoms with Crippen molar-refractivity contribution in [3.8, 4) is 0 Å². The number of allylic oxidation sites excluding steroid dienone is 1. The van der Waals surface area contributed by atoms with Gasteiger partial charge in [0.2, 0.25) is 5.91 Å². The Labute approximate surface area is 142 Å². The average molecular weight is 332 g/mol. The van der Waals surface area contributed by atoms with Gasteiger partial charge in [0.25, 0.3) is 5.91 Å². The van der Waals surface area contributed by atoms with Crippen LogP contribution in [0.25, 0.3) is 0 Å². The Hall–Kier alpha value is -2.63. The summed E-state index contributed by atoms with van der Waals surface area (Å²) in [5.74, 6) is -1.08. The predicted molar refractivity (Wildman–Crippen MR) is 91.2 cm³/mol. The molecule has 0 aliphatic rings. The number of esters is 1. The highest BCUT2D eigenvalue weighted by molar-refractivity contribution is 5.96. The zero-order valence-corrected chi connectivity index (χ0v) is 14.5. The standard InChI is InChI=1S/C18H24N2O4/c1-11(2)12(3)15(18(23)24-4)9-13-5-7-14(8-6-13)17(22)20-10-16(19)21/h5-8,11H,9-10H2,1-4H3,(H2,19,21)(H,20,22). The second-order valence-electron chi connectivity index (χ2n) is 5.83. The fourth-order valence-electron chi connectivity index (χ4n) is 2.09. The maximum absolute atomic E-state index is 12.0. The third-order valence-corrected chi connectivity index (χ3v) is 3.79. The Balaban J connectivity index is 2.92. The van der Waals surface area contributed by atoms with Crippen LogP contribution in [0.5, 0.6) is 0 Å². The number of ether oxygens (including phenoxy) is 1. The van der Waals surface area contributed by atoms with Crippen molar-refractivity contribution in [2.24, 2.45) is 11.7 Å². The first-order chi connectivity index (χ1) is 11.3. The highest BCUT2D eigenvalue weighted by Gasteiger charge is 2.16. The Bertz CT molecular complexity index is 645. The summed E-state index contributed by atoms with van der Waals surface area (Å²) in [7, 11) is 1.36. The maximum atomic E-state index is 12.0. The molecule has 24 heavy (non-hydrogen) atoms. The maximum Gasteiger partial charge on any atom is 0.334 e. The van der Waals surface area contributed by atoms with E-state index < -0.39 is 5.91 Å². The molecule has 130 valence electrons. The number of nitrogens with two attached hydrogens (primary N) is 1. The normalized spacial score (nSPS) is 11.7. The monoisotopic (exact) mass is 332 g/mol. The number of hydrogen-bond acceptors (Lipinski definition) is 4. The second-order valence-corrected chi connectivity index (χ2v) is 5.83. The molecule has 0 bridgehead atoms. The van der Waals surface area contributed by atoms with Crippen LogP contribution in [0.4, 0.5) is 0 Å². The van der Waals surface area contributed by atoms with Gasteiger partial charge < -0.3 is 15.8 Å². The van der Waals surface area contributed by atoms with E-state index in [0.717, 1.165) is 11.1 Å². The van der Waals surface area contributed by atoms with E-state index in [-0.39, 0.29) is 24.3 Å². The summed E-state index contributed by atoms with van der Waals surface area (Å²) in [5.41, 5.74) is 7.90. The third-order valence-electron chi connectivity index (χ3n) is 3.79. The van der Waals surface area contributed by atoms with Crippen LogP contribution >= 0.6 is 0 Å². The van der Waals surface area contributed by atoms with Crippen LogP contribution in [0.2, 0.25) is 0 Å². The fraction of sp³-hybridized carbons (Fsp3) is 0.389. The Kier molecular flexibility index (Phi) is 7.17. The largest absolute Gasteiger partial charge is 0.466 e. The van der Waals surface area contributed by atoms with Gasteiger partial charge in [-0.3, -0.25) is 9.59 Å². The highest BCUT2D eigenvalue weighted by atomic mass is 16.5. The highest BCUT2D eigenvalue weighted by Crippen LogP contribution is 2.20. The van der Waals surface area contributed by atoms with Crippen molar-refractivity contribution in [2.45, 2.75) is 27.2 Å². The van der Waals surface area contributed by atoms with Gasteiger partial charge in [0, 0.05) is 17.6 Å². The molecule has 3 N–H and O–H groups in total. The smallest absolute Gasteiger partial charge is 0.334 e. The molecule has 0 atom stereocenters. The fourth-order valence-corrected chi connectivity index (χ4v) is 2.09. The molecule has 0 saturated carbocycles. The molecule has 0 aliphatic heterocycles. The number of amides is 2. The molecule has 1 aromatic rings. The summed E-state index contributed by atoms with van der Waals surface area (Å²) < 4.78 is 4.87. The topological polar surface area (TPSA) is 98.5 Å². The van der Waals surface area contributed by atoms with Crippen LogP contribution in [-0.2, 0) is 20.7 Å². The van der Waals surface area contributed by atoms with Gasteiger partial charge in [-0.2, -0.15) is 0 Å². The van der Waals surface area contributed by atoms with Crippen LogP contribution in [0, 0.1) is 5.92 Å². The number of primary amides is 1. The van der Waals surface area contributed by atoms with E-state index in [1.807, 2.05) is 20.8 Å². The van der Waals surface area contributed by atoms with Gasteiger partial charge in [-0.1, -0.05) is 31.6 Å². The van der Waals surface area contributed by atoms with E-state index in [2.05, 4.69) is 5.32 Å². The van der Waals surface area contributed by atoms with Crippen molar-refractivity contribution >= 4 is 17.8 Å². The predicted octanol–water partition coefficient (Wildman–Crippen LogP) is 1.59. The number of hydrogen-bond donors (Lipinski definition) is 2. The van der Waals surface area contributed by atoms with E-state index in [4.69, 9.17) is 10.5 Å². The molecule has 0 spiro atoms. The molecule has 2 amide bonds. The van der Waals surface area contributed by atoms with Gasteiger partial charge in [-0.15, -0.1) is 0 Å². The zero-order chi connectivity index (χ0) is 18.3. The lowest BCUT2D eigenvalue weighted by Gasteiger charge is -2.13. The molecular formula is C18H24N2O4. The van der Waals surface area contributed by atoms with Crippen molar-refractivity contribution in [1.82, 2.24) is 5.32 Å². The van der Waals surface area contributed by atoms with Gasteiger partial charge in [0.1, 0.15) is 0 Å². The van der Waals surface area contributed by atoms with E-state index >= 15 is 0 Å². The molecule has 6 nitrogen and oxygen atoms in total. The molecule has 0 fully saturated rings. The lowest BCUT2D eigenvalue weighted by atomic mass is 9.94. The van der Waals surface area contributed by atoms with Crippen molar-refractivity contribution in [1.29, 1.82) is 0 Å². The Morgan fingerprint density at radius 1 is 1.17 bits per heavy atom. The van der Waals surface area contributed by atoms with Crippen molar-refractivity contribution in [2.75, 3.05) is 13.7 Å². The van der Waals surface area contributed by atoms with Crippen LogP contribution in [0.15, 0.2) is 35.4 Å². The minimum atomic E-state index is -0.600. The minimum absolute atomic E-state index is 0.205. The number of rotatable bonds is 7. The number of benzene rings is 1. The first-order valence-electron chi connectivity index (χ1n) is 7.69. The molecule has 0 unspecified atom stereocenters. The first kappa shape index (κ1) is 19.4. The number of methoxy groups -OCH3 is 1. The molecule has 0 radical (unpaired) electrons. The van der Waals surface area contributed by atoms with Gasteiger partial charge in [0.05, 0.1) is 13.7 Å². The minimum Gasteiger partial charge on any atom is -0.466 e. The molecule has 6 heteroatoms. The summed E-state index contributed by atoms with van der Waals surface area (Å²) >= 11 is 0. The summed E-state index contributed by atoms with van der Waals surface area (Å²) in [6.45, 7) is 5.75. The van der Waals surface area contributed by atoms with E-state index in [1.54, 1.807) is 24.3 Å². The molecule has 0 saturated heterocycles. The third kappa shape index (κ3) is 5.53. The molecule has 1 aromatic carbocycles. The van der Waals surface area contributed by atoms with Crippen molar-refractivity contribution in [3.05, 3.63) is 46.5 Å². The Morgan fingerprint density at radius 2 is 1.75 bits per heavy atom. The van der Waals surface area contributed by atoms with Crippen LogP contribution in [0.1, 0.15) is 36.7 Å². The molecule has 0 heterocycles. The van der Waals surface area contributed by atoms with Gasteiger partial charge >= 0.3 is 5.97 Å². The number of carbonyl (C=O) groups excluding carboxylic acids is 3. The van der Waals surface area contributed by atoms with Gasteiger partial charge in [-0.05, 0) is 30.5 Å². The lowest BCUT2D eigenvalue weighted by molar-refractivity contribution is -0.136. The van der Waals surface area contributed by atoms with E-state index in [1.165, 1.54) is 7.11 Å². The summed E-state index contributed by atoms with van der Waals surface area (Å²) in [6.07, 6.45) is 0.430. The molecule has 0 aliphatic carbocycles. The number of carbonyl (C=O) groups is 3. The summed E-state index contributed by atoms with van der Waals surface area (Å²) in [6, 6.07) is 6.84. The number of nitrogens with one attached hydrogen (secondary N) is 1. The quantitative estimate of drug-likeness (QED) is 0.585. The van der Waals surface area contributed by atoms with Gasteiger partial charge in [0.15, 0.2) is 0 Å².